The summed E-state index contributed by atoms with van der Waals surface area (Å²) >= 11 is 0. The SMILES string of the molecule is C[C@H](NC(=O)C1CCC(F)(F)CC1)c1ccc(OCC(=O)O)cc1. The number of ether oxygens (including phenoxy) is 1. The van der Waals surface area contributed by atoms with Crippen molar-refractivity contribution in [2.24, 2.45) is 5.92 Å². The molecule has 1 aliphatic carbocycles. The monoisotopic (exact) mass is 341 g/mol. The fourth-order valence-electron chi connectivity index (χ4n) is 2.71. The number of carbonyl (C=O) groups is 2. The number of carbonyl (C=O) groups excluding carboxylic acids is 1. The predicted octanol–water partition coefficient (Wildman–Crippen LogP) is 3.15. The Balaban J connectivity index is 1.86. The van der Waals surface area contributed by atoms with E-state index < -0.39 is 18.5 Å². The Morgan fingerprint density at radius 3 is 2.42 bits per heavy atom. The lowest BCUT2D eigenvalue weighted by Crippen LogP contribution is -2.37. The van der Waals surface area contributed by atoms with E-state index in [-0.39, 0.29) is 43.6 Å². The molecule has 0 bridgehead atoms. The number of carboxylic acids is 1. The number of hydrogen-bond donors (Lipinski definition) is 2. The Hall–Kier alpha value is -2.18. The molecule has 0 spiro atoms. The number of nitrogens with one attached hydrogen (secondary N) is 1. The summed E-state index contributed by atoms with van der Waals surface area (Å²) in [6, 6.07) is 6.45. The van der Waals surface area contributed by atoms with Crippen LogP contribution in [-0.2, 0) is 9.59 Å². The summed E-state index contributed by atoms with van der Waals surface area (Å²) in [4.78, 5) is 22.6. The Morgan fingerprint density at radius 1 is 1.29 bits per heavy atom. The minimum Gasteiger partial charge on any atom is -0.482 e. The summed E-state index contributed by atoms with van der Waals surface area (Å²) in [7, 11) is 0. The highest BCUT2D eigenvalue weighted by atomic mass is 19.3. The van der Waals surface area contributed by atoms with Gasteiger partial charge in [0.05, 0.1) is 6.04 Å². The van der Waals surface area contributed by atoms with Crippen molar-refractivity contribution in [2.45, 2.75) is 44.6 Å². The van der Waals surface area contributed by atoms with Gasteiger partial charge in [0.15, 0.2) is 6.61 Å². The highest BCUT2D eigenvalue weighted by molar-refractivity contribution is 5.79. The Morgan fingerprint density at radius 2 is 1.88 bits per heavy atom. The molecule has 1 aromatic carbocycles. The molecule has 1 amide bonds. The maximum absolute atomic E-state index is 13.1. The predicted molar refractivity (Wildman–Crippen MR) is 83.0 cm³/mol. The zero-order valence-electron chi connectivity index (χ0n) is 13.4. The second-order valence-corrected chi connectivity index (χ2v) is 6.11. The molecule has 0 aromatic heterocycles. The minimum absolute atomic E-state index is 0.202. The van der Waals surface area contributed by atoms with E-state index in [2.05, 4.69) is 5.32 Å². The highest BCUT2D eigenvalue weighted by Gasteiger charge is 2.37. The molecule has 1 aromatic rings. The molecular formula is C17H21F2NO4. The molecule has 24 heavy (non-hydrogen) atoms. The number of benzene rings is 1. The van der Waals surface area contributed by atoms with Crippen molar-refractivity contribution in [2.75, 3.05) is 6.61 Å². The van der Waals surface area contributed by atoms with E-state index in [9.17, 15) is 18.4 Å². The Bertz CT molecular complexity index is 579. The normalized spacial score (nSPS) is 18.6. The van der Waals surface area contributed by atoms with Crippen LogP contribution in [0.3, 0.4) is 0 Å². The van der Waals surface area contributed by atoms with E-state index in [4.69, 9.17) is 9.84 Å². The molecule has 132 valence electrons. The standard InChI is InChI=1S/C17H21F2NO4/c1-11(12-2-4-14(5-3-12)24-10-15(21)22)20-16(23)13-6-8-17(18,19)9-7-13/h2-5,11,13H,6-10H2,1H3,(H,20,23)(H,21,22)/t11-/m0/s1. The van der Waals surface area contributed by atoms with Crippen molar-refractivity contribution in [1.29, 1.82) is 0 Å². The first-order valence-electron chi connectivity index (χ1n) is 7.89. The molecule has 0 heterocycles. The topological polar surface area (TPSA) is 75.6 Å². The largest absolute Gasteiger partial charge is 0.482 e. The van der Waals surface area contributed by atoms with Gasteiger partial charge in [0.2, 0.25) is 11.8 Å². The summed E-state index contributed by atoms with van der Waals surface area (Å²) < 4.78 is 31.3. The van der Waals surface area contributed by atoms with Gasteiger partial charge in [-0.1, -0.05) is 12.1 Å². The smallest absolute Gasteiger partial charge is 0.341 e. The summed E-state index contributed by atoms with van der Waals surface area (Å²) in [5.41, 5.74) is 0.826. The first kappa shape index (κ1) is 18.2. The maximum atomic E-state index is 13.1. The third-order valence-corrected chi connectivity index (χ3v) is 4.19. The van der Waals surface area contributed by atoms with Gasteiger partial charge in [-0.25, -0.2) is 13.6 Å². The number of aliphatic carboxylic acids is 1. The average molecular weight is 341 g/mol. The quantitative estimate of drug-likeness (QED) is 0.833. The minimum atomic E-state index is -2.64. The van der Waals surface area contributed by atoms with Crippen LogP contribution in [0.5, 0.6) is 5.75 Å². The summed E-state index contributed by atoms with van der Waals surface area (Å²) in [6.07, 6.45) is -0.0782. The fraction of sp³-hybridized carbons (Fsp3) is 0.529. The van der Waals surface area contributed by atoms with Crippen molar-refractivity contribution in [3.8, 4) is 5.75 Å². The number of halogens is 2. The van der Waals surface area contributed by atoms with E-state index >= 15 is 0 Å². The van der Waals surface area contributed by atoms with Gasteiger partial charge in [-0.2, -0.15) is 0 Å². The van der Waals surface area contributed by atoms with E-state index in [0.29, 0.717) is 5.75 Å². The summed E-state index contributed by atoms with van der Waals surface area (Å²) in [6.45, 7) is 1.39. The van der Waals surface area contributed by atoms with Crippen LogP contribution in [-0.4, -0.2) is 29.5 Å². The Labute approximate surface area is 139 Å². The lowest BCUT2D eigenvalue weighted by Gasteiger charge is -2.28. The van der Waals surface area contributed by atoms with Crippen LogP contribution >= 0.6 is 0 Å². The van der Waals surface area contributed by atoms with Crippen molar-refractivity contribution in [3.05, 3.63) is 29.8 Å². The van der Waals surface area contributed by atoms with Crippen molar-refractivity contribution in [3.63, 3.8) is 0 Å². The van der Waals surface area contributed by atoms with Gasteiger partial charge >= 0.3 is 5.97 Å². The number of carboxylic acid groups (broad SMARTS) is 1. The number of amides is 1. The average Bonchev–Trinajstić information content (AvgIpc) is 2.53. The second-order valence-electron chi connectivity index (χ2n) is 6.11. The second kappa shape index (κ2) is 7.59. The third-order valence-electron chi connectivity index (χ3n) is 4.19. The molecule has 1 saturated carbocycles. The number of alkyl halides is 2. The van der Waals surface area contributed by atoms with Gasteiger partial charge in [0, 0.05) is 18.8 Å². The molecule has 5 nitrogen and oxygen atoms in total. The van der Waals surface area contributed by atoms with Gasteiger partial charge in [0.25, 0.3) is 0 Å². The molecule has 0 radical (unpaired) electrons. The van der Waals surface area contributed by atoms with Crippen LogP contribution < -0.4 is 10.1 Å². The van der Waals surface area contributed by atoms with Crippen molar-refractivity contribution in [1.82, 2.24) is 5.32 Å². The Kier molecular flexibility index (Phi) is 5.75. The van der Waals surface area contributed by atoms with E-state index in [1.165, 1.54) is 0 Å². The highest BCUT2D eigenvalue weighted by Crippen LogP contribution is 2.36. The molecular weight excluding hydrogens is 320 g/mol. The first-order chi connectivity index (χ1) is 11.3. The molecule has 7 heteroatoms. The zero-order chi connectivity index (χ0) is 17.7. The molecule has 1 atom stereocenters. The first-order valence-corrected chi connectivity index (χ1v) is 7.89. The number of hydrogen-bond acceptors (Lipinski definition) is 3. The molecule has 0 unspecified atom stereocenters. The van der Waals surface area contributed by atoms with Crippen LogP contribution in [0.4, 0.5) is 8.78 Å². The molecule has 1 fully saturated rings. The van der Waals surface area contributed by atoms with Gasteiger partial charge in [-0.15, -0.1) is 0 Å². The van der Waals surface area contributed by atoms with Gasteiger partial charge < -0.3 is 15.2 Å². The van der Waals surface area contributed by atoms with Crippen LogP contribution in [0.25, 0.3) is 0 Å². The molecule has 0 aliphatic heterocycles. The van der Waals surface area contributed by atoms with Gasteiger partial charge in [-0.05, 0) is 37.5 Å². The summed E-state index contributed by atoms with van der Waals surface area (Å²) in [5.74, 6) is -3.85. The van der Waals surface area contributed by atoms with Gasteiger partial charge in [0.1, 0.15) is 5.75 Å². The van der Waals surface area contributed by atoms with E-state index in [1.807, 2.05) is 6.92 Å². The van der Waals surface area contributed by atoms with Crippen LogP contribution in [0.2, 0.25) is 0 Å². The number of rotatable bonds is 6. The van der Waals surface area contributed by atoms with Crippen molar-refractivity contribution >= 4 is 11.9 Å². The van der Waals surface area contributed by atoms with Crippen LogP contribution in [0, 0.1) is 5.92 Å². The third kappa shape index (κ3) is 5.18. The van der Waals surface area contributed by atoms with Gasteiger partial charge in [-0.3, -0.25) is 4.79 Å². The molecule has 1 aliphatic rings. The molecule has 2 rings (SSSR count). The maximum Gasteiger partial charge on any atom is 0.341 e. The van der Waals surface area contributed by atoms with Crippen molar-refractivity contribution < 1.29 is 28.2 Å². The van der Waals surface area contributed by atoms with Crippen LogP contribution in [0.1, 0.15) is 44.2 Å². The lowest BCUT2D eigenvalue weighted by molar-refractivity contribution is -0.139. The zero-order valence-corrected chi connectivity index (χ0v) is 13.4. The molecule has 2 N–H and O–H groups in total. The molecule has 0 saturated heterocycles. The lowest BCUT2D eigenvalue weighted by atomic mass is 9.86. The van der Waals surface area contributed by atoms with Crippen LogP contribution in [0.15, 0.2) is 24.3 Å². The fourth-order valence-corrected chi connectivity index (χ4v) is 2.71. The summed E-state index contributed by atoms with van der Waals surface area (Å²) in [5, 5.41) is 11.4. The van der Waals surface area contributed by atoms with E-state index in [1.54, 1.807) is 24.3 Å². The van der Waals surface area contributed by atoms with E-state index in [0.717, 1.165) is 5.56 Å².